The van der Waals surface area contributed by atoms with Crippen molar-refractivity contribution in [3.63, 3.8) is 0 Å². The second-order valence-corrected chi connectivity index (χ2v) is 6.27. The lowest BCUT2D eigenvalue weighted by molar-refractivity contribution is -0.141. The predicted molar refractivity (Wildman–Crippen MR) is 108 cm³/mol. The van der Waals surface area contributed by atoms with Gasteiger partial charge in [0.25, 0.3) is 0 Å². The number of carbonyl (C=O) groups excluding carboxylic acids is 2. The van der Waals surface area contributed by atoms with Crippen LogP contribution in [-0.4, -0.2) is 31.1 Å². The lowest BCUT2D eigenvalue weighted by Crippen LogP contribution is -2.26. The first-order valence-electron chi connectivity index (χ1n) is 9.11. The molecular weight excluding hydrogens is 429 g/mol. The molecular formula is C22H17F3N2O5. The molecule has 10 heteroatoms. The Morgan fingerprint density at radius 3 is 2.25 bits per heavy atom. The zero-order valence-corrected chi connectivity index (χ0v) is 16.9. The molecule has 1 aromatic carbocycles. The third-order valence-electron chi connectivity index (χ3n) is 4.24. The van der Waals surface area contributed by atoms with Crippen molar-refractivity contribution in [3.8, 4) is 11.6 Å². The molecule has 0 bridgehead atoms. The molecule has 0 aliphatic carbocycles. The number of methoxy groups -OCH3 is 2. The first kappa shape index (κ1) is 22.6. The fourth-order valence-corrected chi connectivity index (χ4v) is 2.79. The van der Waals surface area contributed by atoms with E-state index in [9.17, 15) is 22.8 Å². The Labute approximate surface area is 181 Å². The summed E-state index contributed by atoms with van der Waals surface area (Å²) in [6.45, 7) is 0. The SMILES string of the molecule is COC(=O)C1=C(C(=O)OC)N(c2ccc(Oc3cccc(C(F)(F)F)n3)cc2)C=CC=C1. The average Bonchev–Trinajstić information content (AvgIpc) is 3.01. The van der Waals surface area contributed by atoms with Crippen LogP contribution >= 0.6 is 0 Å². The van der Waals surface area contributed by atoms with Gasteiger partial charge in [0.2, 0.25) is 5.88 Å². The molecule has 166 valence electrons. The van der Waals surface area contributed by atoms with E-state index in [0.717, 1.165) is 6.07 Å². The van der Waals surface area contributed by atoms with E-state index in [1.165, 1.54) is 49.5 Å². The number of ether oxygens (including phenoxy) is 3. The van der Waals surface area contributed by atoms with Crippen LogP contribution in [0.5, 0.6) is 11.6 Å². The molecule has 1 aliphatic rings. The molecule has 0 spiro atoms. The quantitative estimate of drug-likeness (QED) is 0.631. The largest absolute Gasteiger partial charge is 0.465 e. The molecule has 3 rings (SSSR count). The number of halogens is 3. The van der Waals surface area contributed by atoms with Gasteiger partial charge in [-0.15, -0.1) is 0 Å². The topological polar surface area (TPSA) is 78.0 Å². The highest BCUT2D eigenvalue weighted by molar-refractivity contribution is 6.05. The van der Waals surface area contributed by atoms with Gasteiger partial charge in [-0.3, -0.25) is 0 Å². The second-order valence-electron chi connectivity index (χ2n) is 6.27. The van der Waals surface area contributed by atoms with Crippen molar-refractivity contribution in [1.82, 2.24) is 4.98 Å². The molecule has 0 fully saturated rings. The Balaban J connectivity index is 1.92. The maximum atomic E-state index is 12.8. The molecule has 0 saturated heterocycles. The van der Waals surface area contributed by atoms with E-state index < -0.39 is 23.8 Å². The maximum absolute atomic E-state index is 12.8. The first-order valence-corrected chi connectivity index (χ1v) is 9.11. The van der Waals surface area contributed by atoms with Crippen LogP contribution in [-0.2, 0) is 25.2 Å². The molecule has 1 aromatic heterocycles. The first-order chi connectivity index (χ1) is 15.2. The molecule has 2 heterocycles. The fraction of sp³-hybridized carbons (Fsp3) is 0.136. The fourth-order valence-electron chi connectivity index (χ4n) is 2.79. The van der Waals surface area contributed by atoms with Crippen molar-refractivity contribution in [3.05, 3.63) is 83.9 Å². The van der Waals surface area contributed by atoms with E-state index in [1.807, 2.05) is 0 Å². The lowest BCUT2D eigenvalue weighted by atomic mass is 10.1. The number of nitrogens with zero attached hydrogens (tertiary/aromatic N) is 2. The number of hydrogen-bond donors (Lipinski definition) is 0. The zero-order valence-electron chi connectivity index (χ0n) is 16.9. The summed E-state index contributed by atoms with van der Waals surface area (Å²) >= 11 is 0. The molecule has 7 nitrogen and oxygen atoms in total. The van der Waals surface area contributed by atoms with Crippen LogP contribution in [0.4, 0.5) is 18.9 Å². The summed E-state index contributed by atoms with van der Waals surface area (Å²) in [5.74, 6) is -1.51. The van der Waals surface area contributed by atoms with Gasteiger partial charge in [-0.1, -0.05) is 12.1 Å². The van der Waals surface area contributed by atoms with Crippen LogP contribution in [0.15, 0.2) is 78.2 Å². The molecule has 0 N–H and O–H groups in total. The molecule has 0 radical (unpaired) electrons. The van der Waals surface area contributed by atoms with Crippen LogP contribution in [0.3, 0.4) is 0 Å². The maximum Gasteiger partial charge on any atom is 0.433 e. The van der Waals surface area contributed by atoms with Crippen molar-refractivity contribution < 1.29 is 37.0 Å². The highest BCUT2D eigenvalue weighted by Crippen LogP contribution is 2.31. The molecule has 32 heavy (non-hydrogen) atoms. The van der Waals surface area contributed by atoms with Gasteiger partial charge in [-0.2, -0.15) is 13.2 Å². The third-order valence-corrected chi connectivity index (χ3v) is 4.24. The standard InChI is InChI=1S/C22H17F3N2O5/c1-30-20(28)16-6-3-4-13-27(19(16)21(29)31-2)14-9-11-15(12-10-14)32-18-8-5-7-17(26-18)22(23,24)25/h3-13H,1-2H3. The number of anilines is 1. The average molecular weight is 446 g/mol. The molecule has 2 aromatic rings. The Kier molecular flexibility index (Phi) is 6.62. The minimum absolute atomic E-state index is 0.0159. The summed E-state index contributed by atoms with van der Waals surface area (Å²) in [5.41, 5.74) is -0.705. The van der Waals surface area contributed by atoms with E-state index in [1.54, 1.807) is 30.5 Å². The number of rotatable bonds is 5. The van der Waals surface area contributed by atoms with E-state index in [2.05, 4.69) is 4.98 Å². The number of alkyl halides is 3. The Morgan fingerprint density at radius 2 is 1.62 bits per heavy atom. The Morgan fingerprint density at radius 1 is 0.938 bits per heavy atom. The third kappa shape index (κ3) is 4.97. The van der Waals surface area contributed by atoms with Crippen molar-refractivity contribution in [2.75, 3.05) is 19.1 Å². The minimum Gasteiger partial charge on any atom is -0.465 e. The minimum atomic E-state index is -4.59. The Hall–Kier alpha value is -4.08. The van der Waals surface area contributed by atoms with Crippen LogP contribution < -0.4 is 9.64 Å². The predicted octanol–water partition coefficient (Wildman–Crippen LogP) is 4.38. The van der Waals surface area contributed by atoms with Gasteiger partial charge in [0.1, 0.15) is 17.1 Å². The Bertz CT molecular complexity index is 1110. The number of allylic oxidation sites excluding steroid dienone is 2. The monoisotopic (exact) mass is 446 g/mol. The number of benzene rings is 1. The highest BCUT2D eigenvalue weighted by atomic mass is 19.4. The van der Waals surface area contributed by atoms with Gasteiger partial charge in [-0.05, 0) is 42.5 Å². The summed E-state index contributed by atoms with van der Waals surface area (Å²) in [7, 11) is 2.37. The summed E-state index contributed by atoms with van der Waals surface area (Å²) in [4.78, 5) is 29.5. The van der Waals surface area contributed by atoms with E-state index in [-0.39, 0.29) is 22.9 Å². The van der Waals surface area contributed by atoms with Crippen molar-refractivity contribution in [2.24, 2.45) is 0 Å². The summed E-state index contributed by atoms with van der Waals surface area (Å²) in [5, 5.41) is 0. The van der Waals surface area contributed by atoms with Gasteiger partial charge < -0.3 is 19.1 Å². The summed E-state index contributed by atoms with van der Waals surface area (Å²) < 4.78 is 53.5. The molecule has 0 atom stereocenters. The van der Waals surface area contributed by atoms with Crippen LogP contribution in [0.1, 0.15) is 5.69 Å². The van der Waals surface area contributed by atoms with E-state index >= 15 is 0 Å². The number of carbonyl (C=O) groups is 2. The van der Waals surface area contributed by atoms with E-state index in [4.69, 9.17) is 14.2 Å². The molecule has 0 amide bonds. The van der Waals surface area contributed by atoms with Gasteiger partial charge in [-0.25, -0.2) is 14.6 Å². The van der Waals surface area contributed by atoms with Crippen LogP contribution in [0, 0.1) is 0 Å². The van der Waals surface area contributed by atoms with Crippen molar-refractivity contribution in [2.45, 2.75) is 6.18 Å². The number of pyridine rings is 1. The number of esters is 2. The van der Waals surface area contributed by atoms with Gasteiger partial charge >= 0.3 is 18.1 Å². The van der Waals surface area contributed by atoms with Crippen LogP contribution in [0.2, 0.25) is 0 Å². The second kappa shape index (κ2) is 9.38. The van der Waals surface area contributed by atoms with Gasteiger partial charge in [0, 0.05) is 18.0 Å². The van der Waals surface area contributed by atoms with Gasteiger partial charge in [0.05, 0.1) is 19.8 Å². The van der Waals surface area contributed by atoms with Crippen molar-refractivity contribution in [1.29, 1.82) is 0 Å². The van der Waals surface area contributed by atoms with Gasteiger partial charge in [0.15, 0.2) is 0 Å². The summed E-state index contributed by atoms with van der Waals surface area (Å²) in [6, 6.07) is 9.40. The normalized spacial score (nSPS) is 13.6. The number of hydrogen-bond acceptors (Lipinski definition) is 7. The van der Waals surface area contributed by atoms with E-state index in [0.29, 0.717) is 5.69 Å². The molecule has 0 saturated carbocycles. The lowest BCUT2D eigenvalue weighted by Gasteiger charge is -2.23. The highest BCUT2D eigenvalue weighted by Gasteiger charge is 2.32. The summed E-state index contributed by atoms with van der Waals surface area (Å²) in [6.07, 6.45) is 1.54. The van der Waals surface area contributed by atoms with Crippen molar-refractivity contribution >= 4 is 17.6 Å². The zero-order chi connectivity index (χ0) is 23.3. The van der Waals surface area contributed by atoms with Crippen LogP contribution in [0.25, 0.3) is 0 Å². The number of aromatic nitrogens is 1. The smallest absolute Gasteiger partial charge is 0.433 e. The molecule has 1 aliphatic heterocycles. The molecule has 0 unspecified atom stereocenters.